The number of aromatic nitrogens is 4. The number of sulfonamides is 1. The molecule has 0 saturated carbocycles. The lowest BCUT2D eigenvalue weighted by Crippen LogP contribution is -2.53. The molecule has 25 heavy (non-hydrogen) atoms. The van der Waals surface area contributed by atoms with Crippen LogP contribution in [-0.4, -0.2) is 46.5 Å². The van der Waals surface area contributed by atoms with Crippen molar-refractivity contribution in [3.8, 4) is 0 Å². The second-order valence-corrected chi connectivity index (χ2v) is 8.03. The lowest BCUT2D eigenvalue weighted by Gasteiger charge is -2.32. The maximum Gasteiger partial charge on any atom is 0.259 e. The van der Waals surface area contributed by atoms with Crippen LogP contribution in [0.3, 0.4) is 0 Å². The number of carbonyl (C=O) groups is 1. The van der Waals surface area contributed by atoms with Crippen molar-refractivity contribution in [1.82, 2.24) is 24.3 Å². The van der Waals surface area contributed by atoms with E-state index >= 15 is 0 Å². The van der Waals surface area contributed by atoms with Crippen molar-refractivity contribution in [2.75, 3.05) is 11.4 Å². The highest BCUT2D eigenvalue weighted by molar-refractivity contribution is 7.89. The number of halogens is 1. The number of hydrogen-bond acceptors (Lipinski definition) is 5. The lowest BCUT2D eigenvalue weighted by molar-refractivity contribution is -0.121. The van der Waals surface area contributed by atoms with Crippen LogP contribution in [0.25, 0.3) is 0 Å². The number of hydrogen-bond donors (Lipinski definition) is 1. The van der Waals surface area contributed by atoms with Crippen LogP contribution in [-0.2, 0) is 28.9 Å². The molecule has 0 unspecified atom stereocenters. The third kappa shape index (κ3) is 3.29. The normalized spacial score (nSPS) is 18.8. The van der Waals surface area contributed by atoms with Crippen molar-refractivity contribution in [2.24, 2.45) is 14.1 Å². The van der Waals surface area contributed by atoms with Gasteiger partial charge in [0.05, 0.1) is 16.9 Å². The van der Waals surface area contributed by atoms with Gasteiger partial charge < -0.3 is 0 Å². The molecule has 136 valence electrons. The van der Waals surface area contributed by atoms with Gasteiger partial charge in [0.2, 0.25) is 5.91 Å². The first-order valence-electron chi connectivity index (χ1n) is 7.72. The highest BCUT2D eigenvalue weighted by Gasteiger charge is 2.35. The van der Waals surface area contributed by atoms with Crippen LogP contribution in [0.1, 0.15) is 18.5 Å². The van der Waals surface area contributed by atoms with Crippen molar-refractivity contribution < 1.29 is 13.2 Å². The number of aryl methyl sites for hydroxylation is 3. The zero-order valence-corrected chi connectivity index (χ0v) is 15.7. The Morgan fingerprint density at radius 3 is 2.60 bits per heavy atom. The second kappa shape index (κ2) is 6.43. The summed E-state index contributed by atoms with van der Waals surface area (Å²) in [6, 6.07) is 0.937. The van der Waals surface area contributed by atoms with Gasteiger partial charge >= 0.3 is 0 Å². The number of anilines is 1. The van der Waals surface area contributed by atoms with Crippen LogP contribution in [0.2, 0.25) is 5.02 Å². The van der Waals surface area contributed by atoms with E-state index in [0.29, 0.717) is 25.2 Å². The maximum absolute atomic E-state index is 12.8. The molecule has 1 N–H and O–H groups in total. The molecule has 1 saturated heterocycles. The van der Waals surface area contributed by atoms with Gasteiger partial charge in [0.1, 0.15) is 11.9 Å². The minimum absolute atomic E-state index is 0.0115. The standard InChI is InChI=1S/C14H19ClN6O3S/c1-9-7-12(19(2)17-9)21-6-4-5-11(13(21)22)18-25(23,24)14-10(15)8-16-20(14)3/h7-8,11,18H,4-6H2,1-3H3/t11-/m1/s1. The van der Waals surface area contributed by atoms with Gasteiger partial charge in [-0.05, 0) is 19.8 Å². The first-order valence-corrected chi connectivity index (χ1v) is 9.58. The predicted molar refractivity (Wildman–Crippen MR) is 91.9 cm³/mol. The van der Waals surface area contributed by atoms with Crippen molar-refractivity contribution in [3.63, 3.8) is 0 Å². The number of rotatable bonds is 4. The zero-order chi connectivity index (χ0) is 18.4. The molecule has 11 heteroatoms. The summed E-state index contributed by atoms with van der Waals surface area (Å²) in [6.45, 7) is 2.35. The summed E-state index contributed by atoms with van der Waals surface area (Å²) in [6.07, 6.45) is 2.34. The van der Waals surface area contributed by atoms with E-state index in [4.69, 9.17) is 11.6 Å². The predicted octanol–water partition coefficient (Wildman–Crippen LogP) is 0.589. The monoisotopic (exact) mass is 386 g/mol. The fraction of sp³-hybridized carbons (Fsp3) is 0.500. The summed E-state index contributed by atoms with van der Waals surface area (Å²) in [5, 5.41) is 7.92. The molecule has 1 aliphatic heterocycles. The van der Waals surface area contributed by atoms with E-state index in [1.165, 1.54) is 17.9 Å². The molecule has 3 heterocycles. The topological polar surface area (TPSA) is 102 Å². The zero-order valence-electron chi connectivity index (χ0n) is 14.1. The quantitative estimate of drug-likeness (QED) is 0.828. The number of piperidine rings is 1. The summed E-state index contributed by atoms with van der Waals surface area (Å²) in [5.41, 5.74) is 0.787. The van der Waals surface area contributed by atoms with Crippen LogP contribution in [0.15, 0.2) is 17.3 Å². The third-order valence-corrected chi connectivity index (χ3v) is 6.06. The molecule has 3 rings (SSSR count). The Labute approximate surface area is 150 Å². The molecule has 9 nitrogen and oxygen atoms in total. The van der Waals surface area contributed by atoms with Gasteiger partial charge in [0, 0.05) is 26.7 Å². The van der Waals surface area contributed by atoms with Gasteiger partial charge in [0.25, 0.3) is 10.0 Å². The van der Waals surface area contributed by atoms with E-state index < -0.39 is 16.1 Å². The fourth-order valence-electron chi connectivity index (χ4n) is 3.01. The fourth-order valence-corrected chi connectivity index (χ4v) is 4.89. The molecule has 1 aliphatic rings. The first kappa shape index (κ1) is 17.9. The highest BCUT2D eigenvalue weighted by Crippen LogP contribution is 2.24. The van der Waals surface area contributed by atoms with Gasteiger partial charge in [-0.2, -0.15) is 14.9 Å². The van der Waals surface area contributed by atoms with E-state index in [0.717, 1.165) is 5.69 Å². The van der Waals surface area contributed by atoms with E-state index in [1.807, 2.05) is 6.92 Å². The van der Waals surface area contributed by atoms with Crippen LogP contribution < -0.4 is 9.62 Å². The summed E-state index contributed by atoms with van der Waals surface area (Å²) in [4.78, 5) is 14.4. The second-order valence-electron chi connectivity index (χ2n) is 5.99. The maximum atomic E-state index is 12.8. The molecule has 0 aliphatic carbocycles. The van der Waals surface area contributed by atoms with Crippen LogP contribution >= 0.6 is 11.6 Å². The van der Waals surface area contributed by atoms with Crippen LogP contribution in [0.4, 0.5) is 5.82 Å². The van der Waals surface area contributed by atoms with Gasteiger partial charge in [-0.15, -0.1) is 0 Å². The molecule has 0 aromatic carbocycles. The first-order chi connectivity index (χ1) is 11.7. The Morgan fingerprint density at radius 1 is 1.32 bits per heavy atom. The average Bonchev–Trinajstić information content (AvgIpc) is 3.03. The number of amides is 1. The SMILES string of the molecule is Cc1cc(N2CCC[C@@H](NS(=O)(=O)c3c(Cl)cnn3C)C2=O)n(C)n1. The Bertz CT molecular complexity index is 900. The van der Waals surface area contributed by atoms with E-state index in [9.17, 15) is 13.2 Å². The molecule has 2 aromatic heterocycles. The summed E-state index contributed by atoms with van der Waals surface area (Å²) in [7, 11) is -0.744. The van der Waals surface area contributed by atoms with Crippen molar-refractivity contribution in [3.05, 3.63) is 23.0 Å². The highest BCUT2D eigenvalue weighted by atomic mass is 35.5. The molecule has 0 spiro atoms. The number of carbonyl (C=O) groups excluding carboxylic acids is 1. The largest absolute Gasteiger partial charge is 0.296 e. The molecular formula is C14H19ClN6O3S. The van der Waals surface area contributed by atoms with Gasteiger partial charge in [-0.25, -0.2) is 8.42 Å². The summed E-state index contributed by atoms with van der Waals surface area (Å²) >= 11 is 5.92. The van der Waals surface area contributed by atoms with Crippen LogP contribution in [0.5, 0.6) is 0 Å². The number of nitrogens with zero attached hydrogens (tertiary/aromatic N) is 5. The molecule has 2 aromatic rings. The van der Waals surface area contributed by atoms with E-state index in [-0.39, 0.29) is 16.0 Å². The Hall–Kier alpha value is -1.91. The molecule has 1 amide bonds. The molecular weight excluding hydrogens is 368 g/mol. The molecule has 1 fully saturated rings. The lowest BCUT2D eigenvalue weighted by atomic mass is 10.1. The minimum Gasteiger partial charge on any atom is -0.296 e. The summed E-state index contributed by atoms with van der Waals surface area (Å²) in [5.74, 6) is 0.334. The minimum atomic E-state index is -3.97. The third-order valence-electron chi connectivity index (χ3n) is 4.09. The van der Waals surface area contributed by atoms with Crippen molar-refractivity contribution >= 4 is 33.3 Å². The van der Waals surface area contributed by atoms with Gasteiger partial charge in [-0.1, -0.05) is 11.6 Å². The average molecular weight is 387 g/mol. The Kier molecular flexibility index (Phi) is 4.60. The van der Waals surface area contributed by atoms with Gasteiger partial charge in [-0.3, -0.25) is 19.1 Å². The van der Waals surface area contributed by atoms with Gasteiger partial charge in [0.15, 0.2) is 5.03 Å². The smallest absolute Gasteiger partial charge is 0.259 e. The Morgan fingerprint density at radius 2 is 2.04 bits per heavy atom. The van der Waals surface area contributed by atoms with E-state index in [2.05, 4.69) is 14.9 Å². The van der Waals surface area contributed by atoms with E-state index in [1.54, 1.807) is 22.7 Å². The number of nitrogens with one attached hydrogen (secondary N) is 1. The molecule has 1 atom stereocenters. The molecule has 0 radical (unpaired) electrons. The van der Waals surface area contributed by atoms with Crippen LogP contribution in [0, 0.1) is 6.92 Å². The summed E-state index contributed by atoms with van der Waals surface area (Å²) < 4.78 is 30.5. The Balaban J connectivity index is 1.86. The van der Waals surface area contributed by atoms with Crippen molar-refractivity contribution in [1.29, 1.82) is 0 Å². The van der Waals surface area contributed by atoms with Crippen molar-refractivity contribution in [2.45, 2.75) is 30.8 Å². The molecule has 0 bridgehead atoms.